The van der Waals surface area contributed by atoms with E-state index in [-0.39, 0.29) is 0 Å². The van der Waals surface area contributed by atoms with Crippen molar-refractivity contribution in [3.8, 4) is 11.6 Å². The molecule has 0 bridgehead atoms. The second-order valence-electron chi connectivity index (χ2n) is 3.48. The van der Waals surface area contributed by atoms with Gasteiger partial charge in [-0.05, 0) is 36.7 Å². The van der Waals surface area contributed by atoms with Crippen molar-refractivity contribution in [2.24, 2.45) is 5.73 Å². The van der Waals surface area contributed by atoms with Gasteiger partial charge >= 0.3 is 0 Å². The largest absolute Gasteiger partial charge is 0.438 e. The van der Waals surface area contributed by atoms with Gasteiger partial charge in [0.05, 0.1) is 0 Å². The van der Waals surface area contributed by atoms with Gasteiger partial charge < -0.3 is 10.5 Å². The molecule has 1 aromatic heterocycles. The number of ether oxygens (including phenoxy) is 1. The Labute approximate surface area is 104 Å². The molecule has 0 amide bonds. The van der Waals surface area contributed by atoms with Crippen LogP contribution < -0.4 is 10.5 Å². The zero-order chi connectivity index (χ0) is 12.1. The summed E-state index contributed by atoms with van der Waals surface area (Å²) in [6.45, 7) is 0.642. The topological polar surface area (TPSA) is 61.0 Å². The molecule has 0 radical (unpaired) electrons. The summed E-state index contributed by atoms with van der Waals surface area (Å²) in [5.41, 5.74) is 6.66. The molecular formula is C12H12ClN3O. The van der Waals surface area contributed by atoms with Crippen molar-refractivity contribution in [1.29, 1.82) is 0 Å². The first kappa shape index (κ1) is 11.8. The summed E-state index contributed by atoms with van der Waals surface area (Å²) >= 11 is 5.63. The maximum absolute atomic E-state index is 5.63. The molecule has 0 aliphatic heterocycles. The first-order valence-corrected chi connectivity index (χ1v) is 5.62. The number of hydrogen-bond donors (Lipinski definition) is 1. The number of nitrogens with two attached hydrogens (primary N) is 1. The van der Waals surface area contributed by atoms with Gasteiger partial charge in [-0.3, -0.25) is 0 Å². The lowest BCUT2D eigenvalue weighted by Gasteiger charge is -2.04. The molecule has 88 valence electrons. The van der Waals surface area contributed by atoms with Gasteiger partial charge in [0.1, 0.15) is 5.75 Å². The van der Waals surface area contributed by atoms with Crippen molar-refractivity contribution < 1.29 is 4.74 Å². The summed E-state index contributed by atoms with van der Waals surface area (Å²) < 4.78 is 5.50. The van der Waals surface area contributed by atoms with Crippen LogP contribution in [0, 0.1) is 0 Å². The van der Waals surface area contributed by atoms with Crippen molar-refractivity contribution in [3.63, 3.8) is 0 Å². The van der Waals surface area contributed by atoms with Crippen LogP contribution in [-0.2, 0) is 6.42 Å². The first-order chi connectivity index (χ1) is 8.28. The van der Waals surface area contributed by atoms with Crippen LogP contribution >= 0.6 is 11.6 Å². The van der Waals surface area contributed by atoms with Crippen molar-refractivity contribution in [2.75, 3.05) is 6.54 Å². The molecule has 1 heterocycles. The molecule has 0 saturated heterocycles. The average Bonchev–Trinajstić information content (AvgIpc) is 2.35. The normalized spacial score (nSPS) is 10.2. The van der Waals surface area contributed by atoms with Crippen molar-refractivity contribution in [1.82, 2.24) is 10.2 Å². The molecular weight excluding hydrogens is 238 g/mol. The predicted molar refractivity (Wildman–Crippen MR) is 66.3 cm³/mol. The Kier molecular flexibility index (Phi) is 3.90. The zero-order valence-electron chi connectivity index (χ0n) is 9.14. The van der Waals surface area contributed by atoms with Gasteiger partial charge in [0.15, 0.2) is 5.15 Å². The van der Waals surface area contributed by atoms with E-state index in [1.807, 2.05) is 24.3 Å². The number of rotatable bonds is 4. The highest BCUT2D eigenvalue weighted by molar-refractivity contribution is 6.29. The van der Waals surface area contributed by atoms with Crippen LogP contribution in [0.5, 0.6) is 11.6 Å². The van der Waals surface area contributed by atoms with E-state index in [0.717, 1.165) is 6.42 Å². The second kappa shape index (κ2) is 5.61. The van der Waals surface area contributed by atoms with Crippen molar-refractivity contribution >= 4 is 11.6 Å². The highest BCUT2D eigenvalue weighted by atomic mass is 35.5. The van der Waals surface area contributed by atoms with Crippen LogP contribution in [0.4, 0.5) is 0 Å². The lowest BCUT2D eigenvalue weighted by molar-refractivity contribution is 0.455. The SMILES string of the molecule is NCCc1ccc(Oc2ccc(Cl)nn2)cc1. The molecule has 0 aliphatic rings. The summed E-state index contributed by atoms with van der Waals surface area (Å²) in [6, 6.07) is 11.0. The Morgan fingerprint density at radius 1 is 1.06 bits per heavy atom. The van der Waals surface area contributed by atoms with Gasteiger partial charge in [0.25, 0.3) is 0 Å². The van der Waals surface area contributed by atoms with E-state index < -0.39 is 0 Å². The van der Waals surface area contributed by atoms with E-state index in [9.17, 15) is 0 Å². The highest BCUT2D eigenvalue weighted by Crippen LogP contribution is 2.19. The van der Waals surface area contributed by atoms with Crippen LogP contribution in [-0.4, -0.2) is 16.7 Å². The molecule has 0 spiro atoms. The smallest absolute Gasteiger partial charge is 0.238 e. The number of nitrogens with zero attached hydrogens (tertiary/aromatic N) is 2. The van der Waals surface area contributed by atoms with Gasteiger partial charge in [0, 0.05) is 6.07 Å². The third-order valence-corrected chi connectivity index (χ3v) is 2.39. The Bertz CT molecular complexity index is 470. The van der Waals surface area contributed by atoms with Crippen LogP contribution in [0.3, 0.4) is 0 Å². The maximum atomic E-state index is 5.63. The maximum Gasteiger partial charge on any atom is 0.238 e. The molecule has 2 rings (SSSR count). The second-order valence-corrected chi connectivity index (χ2v) is 3.87. The van der Waals surface area contributed by atoms with E-state index in [2.05, 4.69) is 10.2 Å². The fourth-order valence-electron chi connectivity index (χ4n) is 1.37. The summed E-state index contributed by atoms with van der Waals surface area (Å²) in [7, 11) is 0. The average molecular weight is 250 g/mol. The third kappa shape index (κ3) is 3.41. The number of benzene rings is 1. The molecule has 0 unspecified atom stereocenters. The summed E-state index contributed by atoms with van der Waals surface area (Å²) in [6.07, 6.45) is 0.862. The highest BCUT2D eigenvalue weighted by Gasteiger charge is 1.99. The molecule has 4 nitrogen and oxygen atoms in total. The third-order valence-electron chi connectivity index (χ3n) is 2.19. The summed E-state index contributed by atoms with van der Waals surface area (Å²) in [5, 5.41) is 7.85. The fraction of sp³-hybridized carbons (Fsp3) is 0.167. The Morgan fingerprint density at radius 2 is 1.82 bits per heavy atom. The van der Waals surface area contributed by atoms with E-state index in [1.54, 1.807) is 12.1 Å². The molecule has 5 heteroatoms. The molecule has 0 atom stereocenters. The molecule has 0 saturated carbocycles. The summed E-state index contributed by atoms with van der Waals surface area (Å²) in [4.78, 5) is 0. The van der Waals surface area contributed by atoms with Crippen LogP contribution in [0.2, 0.25) is 5.15 Å². The van der Waals surface area contributed by atoms with Gasteiger partial charge in [-0.2, -0.15) is 0 Å². The lowest BCUT2D eigenvalue weighted by atomic mass is 10.1. The molecule has 1 aromatic carbocycles. The number of halogens is 1. The minimum atomic E-state index is 0.343. The van der Waals surface area contributed by atoms with Gasteiger partial charge in [-0.1, -0.05) is 23.7 Å². The van der Waals surface area contributed by atoms with Crippen LogP contribution in [0.25, 0.3) is 0 Å². The molecule has 0 fully saturated rings. The van der Waals surface area contributed by atoms with E-state index in [0.29, 0.717) is 23.3 Å². The van der Waals surface area contributed by atoms with Crippen LogP contribution in [0.1, 0.15) is 5.56 Å². The van der Waals surface area contributed by atoms with E-state index in [1.165, 1.54) is 5.56 Å². The summed E-state index contributed by atoms with van der Waals surface area (Å²) in [5.74, 6) is 1.13. The quantitative estimate of drug-likeness (QED) is 0.904. The number of aromatic nitrogens is 2. The Morgan fingerprint density at radius 3 is 2.41 bits per heavy atom. The molecule has 2 aromatic rings. The van der Waals surface area contributed by atoms with E-state index >= 15 is 0 Å². The van der Waals surface area contributed by atoms with Crippen molar-refractivity contribution in [3.05, 3.63) is 47.1 Å². The minimum Gasteiger partial charge on any atom is -0.438 e. The molecule has 0 aliphatic carbocycles. The molecule has 17 heavy (non-hydrogen) atoms. The monoisotopic (exact) mass is 249 g/mol. The lowest BCUT2D eigenvalue weighted by Crippen LogP contribution is -2.02. The van der Waals surface area contributed by atoms with E-state index in [4.69, 9.17) is 22.1 Å². The van der Waals surface area contributed by atoms with Crippen molar-refractivity contribution in [2.45, 2.75) is 6.42 Å². The zero-order valence-corrected chi connectivity index (χ0v) is 9.89. The van der Waals surface area contributed by atoms with Gasteiger partial charge in [-0.25, -0.2) is 0 Å². The fourth-order valence-corrected chi connectivity index (χ4v) is 1.47. The van der Waals surface area contributed by atoms with Gasteiger partial charge in [-0.15, -0.1) is 10.2 Å². The number of hydrogen-bond acceptors (Lipinski definition) is 4. The Balaban J connectivity index is 2.05. The predicted octanol–water partition coefficient (Wildman–Crippen LogP) is 2.42. The Hall–Kier alpha value is -1.65. The van der Waals surface area contributed by atoms with Gasteiger partial charge in [0.2, 0.25) is 5.88 Å². The molecule has 2 N–H and O–H groups in total. The first-order valence-electron chi connectivity index (χ1n) is 5.24. The van der Waals surface area contributed by atoms with Crippen LogP contribution in [0.15, 0.2) is 36.4 Å². The standard InChI is InChI=1S/C12H12ClN3O/c13-11-5-6-12(16-15-11)17-10-3-1-9(2-4-10)7-8-14/h1-6H,7-8,14H2. The minimum absolute atomic E-state index is 0.343.